The molecule has 0 aliphatic carbocycles. The smallest absolute Gasteiger partial charge is 0.309 e. The minimum atomic E-state index is -0.369. The number of phenolic OH excluding ortho intramolecular Hbond substituents is 1. The van der Waals surface area contributed by atoms with Crippen LogP contribution in [-0.2, 0) is 22.4 Å². The number of esters is 1. The van der Waals surface area contributed by atoms with Crippen molar-refractivity contribution in [2.24, 2.45) is 0 Å². The molecule has 1 rings (SSSR count). The van der Waals surface area contributed by atoms with E-state index in [9.17, 15) is 9.90 Å². The standard InChI is InChI=1S/C12H13NO3/c1-3-9-4-8(6-12(15)16-2)5-11(14)10(9)7-13/h4-5,14H,3,6H2,1-2H3. The maximum absolute atomic E-state index is 11.1. The van der Waals surface area contributed by atoms with Crippen molar-refractivity contribution >= 4 is 5.97 Å². The maximum atomic E-state index is 11.1. The molecule has 0 aliphatic heterocycles. The number of nitriles is 1. The lowest BCUT2D eigenvalue weighted by Crippen LogP contribution is -2.05. The van der Waals surface area contributed by atoms with Gasteiger partial charge in [-0.3, -0.25) is 4.79 Å². The van der Waals surface area contributed by atoms with Gasteiger partial charge in [0.2, 0.25) is 0 Å². The Balaban J connectivity index is 3.11. The second-order valence-electron chi connectivity index (χ2n) is 3.37. The first-order chi connectivity index (χ1) is 7.62. The van der Waals surface area contributed by atoms with Crippen molar-refractivity contribution in [3.63, 3.8) is 0 Å². The van der Waals surface area contributed by atoms with E-state index in [0.717, 1.165) is 5.56 Å². The van der Waals surface area contributed by atoms with Crippen LogP contribution < -0.4 is 0 Å². The molecule has 0 spiro atoms. The largest absolute Gasteiger partial charge is 0.507 e. The van der Waals surface area contributed by atoms with Gasteiger partial charge in [-0.25, -0.2) is 0 Å². The number of phenols is 1. The van der Waals surface area contributed by atoms with Crippen LogP contribution in [0.15, 0.2) is 12.1 Å². The van der Waals surface area contributed by atoms with Gasteiger partial charge < -0.3 is 9.84 Å². The molecule has 0 heterocycles. The Bertz CT molecular complexity index is 446. The highest BCUT2D eigenvalue weighted by Gasteiger charge is 2.11. The maximum Gasteiger partial charge on any atom is 0.309 e. The molecule has 4 nitrogen and oxygen atoms in total. The Morgan fingerprint density at radius 3 is 2.75 bits per heavy atom. The van der Waals surface area contributed by atoms with Crippen molar-refractivity contribution in [2.45, 2.75) is 19.8 Å². The third-order valence-corrected chi connectivity index (χ3v) is 2.33. The molecule has 0 aromatic heterocycles. The highest BCUT2D eigenvalue weighted by atomic mass is 16.5. The minimum Gasteiger partial charge on any atom is -0.507 e. The molecule has 0 fully saturated rings. The summed E-state index contributed by atoms with van der Waals surface area (Å²) in [7, 11) is 1.31. The summed E-state index contributed by atoms with van der Waals surface area (Å²) in [5, 5.41) is 18.5. The van der Waals surface area contributed by atoms with Gasteiger partial charge in [-0.15, -0.1) is 0 Å². The first kappa shape index (κ1) is 12.1. The van der Waals surface area contributed by atoms with Crippen LogP contribution in [0, 0.1) is 11.3 Å². The average molecular weight is 219 g/mol. The van der Waals surface area contributed by atoms with Crippen LogP contribution in [0.5, 0.6) is 5.75 Å². The fourth-order valence-corrected chi connectivity index (χ4v) is 1.50. The molecule has 1 aromatic carbocycles. The van der Waals surface area contributed by atoms with Crippen molar-refractivity contribution < 1.29 is 14.6 Å². The number of hydrogen-bond donors (Lipinski definition) is 1. The number of nitrogens with zero attached hydrogens (tertiary/aromatic N) is 1. The molecule has 0 aliphatic rings. The molecule has 0 amide bonds. The topological polar surface area (TPSA) is 70.3 Å². The van der Waals surface area contributed by atoms with E-state index in [1.54, 1.807) is 6.07 Å². The van der Waals surface area contributed by atoms with E-state index in [4.69, 9.17) is 5.26 Å². The van der Waals surface area contributed by atoms with Gasteiger partial charge in [0.15, 0.2) is 0 Å². The zero-order valence-corrected chi connectivity index (χ0v) is 9.28. The average Bonchev–Trinajstić information content (AvgIpc) is 2.28. The van der Waals surface area contributed by atoms with Gasteiger partial charge in [0.05, 0.1) is 19.1 Å². The number of rotatable bonds is 3. The normalized spacial score (nSPS) is 9.56. The lowest BCUT2D eigenvalue weighted by Gasteiger charge is -2.07. The lowest BCUT2D eigenvalue weighted by atomic mass is 10.00. The van der Waals surface area contributed by atoms with Crippen LogP contribution in [0.25, 0.3) is 0 Å². The van der Waals surface area contributed by atoms with Crippen molar-refractivity contribution in [1.82, 2.24) is 0 Å². The number of aryl methyl sites for hydroxylation is 1. The van der Waals surface area contributed by atoms with E-state index in [1.807, 2.05) is 13.0 Å². The zero-order valence-electron chi connectivity index (χ0n) is 9.28. The van der Waals surface area contributed by atoms with Crippen LogP contribution in [0.2, 0.25) is 0 Å². The quantitative estimate of drug-likeness (QED) is 0.783. The highest BCUT2D eigenvalue weighted by Crippen LogP contribution is 2.23. The van der Waals surface area contributed by atoms with Crippen LogP contribution in [0.4, 0.5) is 0 Å². The third-order valence-electron chi connectivity index (χ3n) is 2.33. The monoisotopic (exact) mass is 219 g/mol. The Morgan fingerprint density at radius 2 is 2.25 bits per heavy atom. The summed E-state index contributed by atoms with van der Waals surface area (Å²) < 4.78 is 4.54. The van der Waals surface area contributed by atoms with Crippen molar-refractivity contribution in [3.05, 3.63) is 28.8 Å². The predicted molar refractivity (Wildman–Crippen MR) is 57.9 cm³/mol. The zero-order chi connectivity index (χ0) is 12.1. The molecule has 16 heavy (non-hydrogen) atoms. The van der Waals surface area contributed by atoms with Gasteiger partial charge in [-0.1, -0.05) is 13.0 Å². The number of methoxy groups -OCH3 is 1. The van der Waals surface area contributed by atoms with Gasteiger partial charge in [0, 0.05) is 0 Å². The van der Waals surface area contributed by atoms with Gasteiger partial charge in [-0.05, 0) is 23.6 Å². The van der Waals surface area contributed by atoms with Crippen molar-refractivity contribution in [1.29, 1.82) is 5.26 Å². The van der Waals surface area contributed by atoms with E-state index in [-0.39, 0.29) is 23.7 Å². The first-order valence-corrected chi connectivity index (χ1v) is 4.94. The van der Waals surface area contributed by atoms with Gasteiger partial charge in [0.25, 0.3) is 0 Å². The molecule has 0 unspecified atom stereocenters. The molecular weight excluding hydrogens is 206 g/mol. The number of hydrogen-bond acceptors (Lipinski definition) is 4. The van der Waals surface area contributed by atoms with E-state index >= 15 is 0 Å². The van der Waals surface area contributed by atoms with E-state index in [1.165, 1.54) is 13.2 Å². The molecule has 0 atom stereocenters. The van der Waals surface area contributed by atoms with Gasteiger partial charge in [-0.2, -0.15) is 5.26 Å². The number of carbonyl (C=O) groups is 1. The molecule has 4 heteroatoms. The molecule has 84 valence electrons. The molecule has 0 radical (unpaired) electrons. The molecule has 1 aromatic rings. The van der Waals surface area contributed by atoms with Gasteiger partial charge in [0.1, 0.15) is 11.8 Å². The van der Waals surface area contributed by atoms with Crippen molar-refractivity contribution in [3.8, 4) is 11.8 Å². The third kappa shape index (κ3) is 2.51. The number of aromatic hydroxyl groups is 1. The van der Waals surface area contributed by atoms with E-state index in [0.29, 0.717) is 12.0 Å². The summed E-state index contributed by atoms with van der Waals surface area (Å²) in [6.07, 6.45) is 0.730. The SMILES string of the molecule is CCc1cc(CC(=O)OC)cc(O)c1C#N. The molecule has 1 N–H and O–H groups in total. The first-order valence-electron chi connectivity index (χ1n) is 4.94. The number of carbonyl (C=O) groups excluding carboxylic acids is 1. The fourth-order valence-electron chi connectivity index (χ4n) is 1.50. The number of benzene rings is 1. The van der Waals surface area contributed by atoms with Gasteiger partial charge >= 0.3 is 5.97 Å². The Hall–Kier alpha value is -2.02. The molecule has 0 bridgehead atoms. The summed E-state index contributed by atoms with van der Waals surface area (Å²) in [5.74, 6) is -0.452. The van der Waals surface area contributed by atoms with E-state index in [2.05, 4.69) is 4.74 Å². The molecule has 0 saturated heterocycles. The Kier molecular flexibility index (Phi) is 3.90. The lowest BCUT2D eigenvalue weighted by molar-refractivity contribution is -0.139. The van der Waals surface area contributed by atoms with Crippen molar-refractivity contribution in [2.75, 3.05) is 7.11 Å². The number of ether oxygens (including phenoxy) is 1. The predicted octanol–water partition coefficient (Wildman–Crippen LogP) is 1.54. The Morgan fingerprint density at radius 1 is 1.56 bits per heavy atom. The van der Waals surface area contributed by atoms with Crippen LogP contribution in [0.3, 0.4) is 0 Å². The summed E-state index contributed by atoms with van der Waals surface area (Å²) in [6, 6.07) is 5.11. The summed E-state index contributed by atoms with van der Waals surface area (Å²) in [5.41, 5.74) is 1.66. The highest BCUT2D eigenvalue weighted by molar-refractivity contribution is 5.73. The summed E-state index contributed by atoms with van der Waals surface area (Å²) in [6.45, 7) is 1.89. The molecule has 0 saturated carbocycles. The van der Waals surface area contributed by atoms with Crippen LogP contribution in [-0.4, -0.2) is 18.2 Å². The van der Waals surface area contributed by atoms with E-state index < -0.39 is 0 Å². The minimum absolute atomic E-state index is 0.0826. The second kappa shape index (κ2) is 5.17. The second-order valence-corrected chi connectivity index (χ2v) is 3.37. The van der Waals surface area contributed by atoms with Crippen LogP contribution >= 0.6 is 0 Å². The fraction of sp³-hybridized carbons (Fsp3) is 0.333. The Labute approximate surface area is 94.1 Å². The van der Waals surface area contributed by atoms with Crippen LogP contribution in [0.1, 0.15) is 23.6 Å². The molecular formula is C12H13NO3. The summed E-state index contributed by atoms with van der Waals surface area (Å²) in [4.78, 5) is 11.1. The summed E-state index contributed by atoms with van der Waals surface area (Å²) >= 11 is 0.